The monoisotopic (exact) mass is 316 g/mol. The molecule has 0 amide bonds. The predicted molar refractivity (Wildman–Crippen MR) is 79.2 cm³/mol. The molecule has 21 heavy (non-hydrogen) atoms. The van der Waals surface area contributed by atoms with Gasteiger partial charge in [-0.15, -0.1) is 0 Å². The van der Waals surface area contributed by atoms with Gasteiger partial charge in [0.2, 0.25) is 10.0 Å². The Bertz CT molecular complexity index is 592. The lowest BCUT2D eigenvalue weighted by molar-refractivity contribution is 0.194. The average Bonchev–Trinajstić information content (AvgIpc) is 2.37. The molecule has 1 aromatic carbocycles. The maximum atomic E-state index is 13.7. The molecule has 1 saturated heterocycles. The summed E-state index contributed by atoms with van der Waals surface area (Å²) in [6.07, 6.45) is 2.93. The summed E-state index contributed by atoms with van der Waals surface area (Å²) in [4.78, 5) is 2.13. The zero-order valence-corrected chi connectivity index (χ0v) is 13.1. The molecular weight excluding hydrogens is 295 g/mol. The highest BCUT2D eigenvalue weighted by atomic mass is 32.2. The van der Waals surface area contributed by atoms with Gasteiger partial charge in [-0.25, -0.2) is 17.5 Å². The first-order valence-electron chi connectivity index (χ1n) is 6.89. The van der Waals surface area contributed by atoms with Gasteiger partial charge in [-0.2, -0.15) is 0 Å². The number of hydrogen-bond donors (Lipinski definition) is 1. The summed E-state index contributed by atoms with van der Waals surface area (Å²) in [5, 5.41) is 0. The van der Waals surface area contributed by atoms with E-state index in [-0.39, 0.29) is 17.6 Å². The Morgan fingerprint density at radius 3 is 2.86 bits per heavy atom. The van der Waals surface area contributed by atoms with E-state index in [9.17, 15) is 12.8 Å². The van der Waals surface area contributed by atoms with E-state index in [1.54, 1.807) is 6.07 Å². The summed E-state index contributed by atoms with van der Waals surface area (Å²) < 4.78 is 43.8. The number of rotatable bonds is 5. The van der Waals surface area contributed by atoms with Crippen LogP contribution in [0.4, 0.5) is 4.39 Å². The molecule has 7 heteroatoms. The van der Waals surface area contributed by atoms with Gasteiger partial charge in [-0.3, -0.25) is 4.90 Å². The van der Waals surface area contributed by atoms with Crippen LogP contribution in [0.2, 0.25) is 0 Å². The molecule has 1 aromatic rings. The zero-order valence-electron chi connectivity index (χ0n) is 12.3. The molecule has 0 aromatic heterocycles. The van der Waals surface area contributed by atoms with Crippen LogP contribution in [0.5, 0.6) is 5.75 Å². The summed E-state index contributed by atoms with van der Waals surface area (Å²) in [6.45, 7) is 2.12. The number of ether oxygens (including phenoxy) is 1. The van der Waals surface area contributed by atoms with Crippen molar-refractivity contribution in [2.24, 2.45) is 0 Å². The molecule has 1 aliphatic rings. The van der Waals surface area contributed by atoms with E-state index in [0.717, 1.165) is 24.9 Å². The maximum absolute atomic E-state index is 13.7. The quantitative estimate of drug-likeness (QED) is 0.891. The molecule has 1 unspecified atom stereocenters. The molecule has 1 aliphatic heterocycles. The van der Waals surface area contributed by atoms with Gasteiger partial charge in [-0.05, 0) is 37.1 Å². The number of nitrogens with zero attached hydrogens (tertiary/aromatic N) is 1. The third-order valence-electron chi connectivity index (χ3n) is 3.51. The molecule has 1 atom stereocenters. The lowest BCUT2D eigenvalue weighted by Crippen LogP contribution is -2.46. The van der Waals surface area contributed by atoms with Crippen molar-refractivity contribution in [2.45, 2.75) is 25.4 Å². The molecule has 2 rings (SSSR count). The van der Waals surface area contributed by atoms with Crippen molar-refractivity contribution in [1.82, 2.24) is 9.62 Å². The largest absolute Gasteiger partial charge is 0.494 e. The van der Waals surface area contributed by atoms with Crippen molar-refractivity contribution >= 4 is 10.0 Å². The van der Waals surface area contributed by atoms with Crippen LogP contribution in [-0.4, -0.2) is 45.8 Å². The van der Waals surface area contributed by atoms with Crippen molar-refractivity contribution in [3.63, 3.8) is 0 Å². The second-order valence-corrected chi connectivity index (χ2v) is 7.21. The lowest BCUT2D eigenvalue weighted by Gasteiger charge is -2.32. The minimum atomic E-state index is -3.19. The van der Waals surface area contributed by atoms with Gasteiger partial charge < -0.3 is 4.74 Å². The van der Waals surface area contributed by atoms with Crippen molar-refractivity contribution in [3.05, 3.63) is 29.6 Å². The Morgan fingerprint density at radius 1 is 1.48 bits per heavy atom. The highest BCUT2D eigenvalue weighted by Gasteiger charge is 2.22. The molecule has 1 fully saturated rings. The van der Waals surface area contributed by atoms with Crippen LogP contribution >= 0.6 is 0 Å². The van der Waals surface area contributed by atoms with Crippen molar-refractivity contribution in [3.8, 4) is 5.75 Å². The molecular formula is C14H21FN2O3S. The van der Waals surface area contributed by atoms with Gasteiger partial charge in [0.05, 0.1) is 13.4 Å². The number of likely N-dealkylation sites (tertiary alicyclic amines) is 1. The van der Waals surface area contributed by atoms with Gasteiger partial charge in [0.15, 0.2) is 11.6 Å². The highest BCUT2D eigenvalue weighted by Crippen LogP contribution is 2.20. The normalized spacial score (nSPS) is 20.4. The first-order chi connectivity index (χ1) is 9.87. The Balaban J connectivity index is 1.97. The van der Waals surface area contributed by atoms with Crippen molar-refractivity contribution in [2.75, 3.05) is 26.5 Å². The van der Waals surface area contributed by atoms with Crippen LogP contribution in [0.15, 0.2) is 18.2 Å². The Kier molecular flexibility index (Phi) is 5.18. The highest BCUT2D eigenvalue weighted by molar-refractivity contribution is 7.88. The topological polar surface area (TPSA) is 58.6 Å². The standard InChI is InChI=1S/C14H21FN2O3S/c1-20-14-6-5-11(8-13(14)15)9-17-7-3-4-12(10-17)16-21(2,18)19/h5-6,8,12,16H,3-4,7,9-10H2,1-2H3. The molecule has 1 N–H and O–H groups in total. The van der Waals surface area contributed by atoms with E-state index in [1.165, 1.54) is 19.4 Å². The SMILES string of the molecule is COc1ccc(CN2CCCC(NS(C)(=O)=O)C2)cc1F. The first kappa shape index (κ1) is 16.2. The molecule has 0 saturated carbocycles. The third-order valence-corrected chi connectivity index (χ3v) is 4.27. The number of benzene rings is 1. The van der Waals surface area contributed by atoms with Gasteiger partial charge in [0.1, 0.15) is 0 Å². The third kappa shape index (κ3) is 4.94. The van der Waals surface area contributed by atoms with Crippen LogP contribution < -0.4 is 9.46 Å². The number of piperidine rings is 1. The molecule has 0 radical (unpaired) electrons. The second kappa shape index (κ2) is 6.72. The molecule has 1 heterocycles. The Hall–Kier alpha value is -1.18. The Morgan fingerprint density at radius 2 is 2.24 bits per heavy atom. The summed E-state index contributed by atoms with van der Waals surface area (Å²) >= 11 is 0. The van der Waals surface area contributed by atoms with E-state index in [0.29, 0.717) is 13.1 Å². The zero-order chi connectivity index (χ0) is 15.5. The molecule has 5 nitrogen and oxygen atoms in total. The fourth-order valence-corrected chi connectivity index (χ4v) is 3.46. The van der Waals surface area contributed by atoms with Crippen LogP contribution in [0.25, 0.3) is 0 Å². The molecule has 0 bridgehead atoms. The molecule has 118 valence electrons. The van der Waals surface area contributed by atoms with Crippen molar-refractivity contribution < 1.29 is 17.5 Å². The van der Waals surface area contributed by atoms with E-state index in [1.807, 2.05) is 6.07 Å². The predicted octanol–water partition coefficient (Wildman–Crippen LogP) is 1.35. The average molecular weight is 316 g/mol. The van der Waals surface area contributed by atoms with E-state index in [4.69, 9.17) is 4.74 Å². The number of nitrogens with one attached hydrogen (secondary N) is 1. The van der Waals surface area contributed by atoms with E-state index < -0.39 is 10.0 Å². The summed E-state index contributed by atoms with van der Waals surface area (Å²) in [7, 11) is -1.75. The minimum Gasteiger partial charge on any atom is -0.494 e. The number of methoxy groups -OCH3 is 1. The number of hydrogen-bond acceptors (Lipinski definition) is 4. The Labute approximate surface area is 125 Å². The van der Waals surface area contributed by atoms with Gasteiger partial charge in [0.25, 0.3) is 0 Å². The molecule has 0 spiro atoms. The summed E-state index contributed by atoms with van der Waals surface area (Å²) in [6, 6.07) is 4.83. The van der Waals surface area contributed by atoms with Crippen LogP contribution in [-0.2, 0) is 16.6 Å². The molecule has 0 aliphatic carbocycles. The van der Waals surface area contributed by atoms with Crippen molar-refractivity contribution in [1.29, 1.82) is 0 Å². The fraction of sp³-hybridized carbons (Fsp3) is 0.571. The maximum Gasteiger partial charge on any atom is 0.208 e. The number of halogens is 1. The number of sulfonamides is 1. The second-order valence-electron chi connectivity index (χ2n) is 5.43. The van der Waals surface area contributed by atoms with Gasteiger partial charge >= 0.3 is 0 Å². The lowest BCUT2D eigenvalue weighted by atomic mass is 10.1. The summed E-state index contributed by atoms with van der Waals surface area (Å²) in [5.74, 6) is -0.146. The van der Waals surface area contributed by atoms with E-state index >= 15 is 0 Å². The van der Waals surface area contributed by atoms with Crippen LogP contribution in [0.3, 0.4) is 0 Å². The minimum absolute atomic E-state index is 0.0724. The first-order valence-corrected chi connectivity index (χ1v) is 8.78. The smallest absolute Gasteiger partial charge is 0.208 e. The fourth-order valence-electron chi connectivity index (χ4n) is 2.66. The van der Waals surface area contributed by atoms with Gasteiger partial charge in [-0.1, -0.05) is 6.07 Å². The van der Waals surface area contributed by atoms with Gasteiger partial charge in [0, 0.05) is 19.1 Å². The van der Waals surface area contributed by atoms with E-state index in [2.05, 4.69) is 9.62 Å². The summed E-state index contributed by atoms with van der Waals surface area (Å²) in [5.41, 5.74) is 0.855. The van der Waals surface area contributed by atoms with Crippen LogP contribution in [0.1, 0.15) is 18.4 Å². The van der Waals surface area contributed by atoms with Crippen LogP contribution in [0, 0.1) is 5.82 Å².